The molecule has 2 aliphatic carbocycles. The Morgan fingerprint density at radius 2 is 0.969 bits per heavy atom. The first kappa shape index (κ1) is 29.1. The normalized spacial score (nSPS) is 16.2. The molecule has 4 rings (SSSR count). The summed E-state index contributed by atoms with van der Waals surface area (Å²) in [6.45, 7) is 9.07. The van der Waals surface area contributed by atoms with Crippen LogP contribution in [0, 0.1) is 76.0 Å². The fourth-order valence-electron chi connectivity index (χ4n) is 2.92. The van der Waals surface area contributed by atoms with Crippen molar-refractivity contribution in [3.05, 3.63) is 153 Å². The van der Waals surface area contributed by atoms with Gasteiger partial charge in [-0.3, -0.25) is 11.1 Å². The standard InChI is InChI=1S/C20H22Si.2C5H5.Zr/c1-17(16-21(2,3)4)20(19-13-9-6-10-14-19)15-18-11-7-5-8-12-18;2*1-2-4-5-3-1;/h5-14H,1-4H3;2*1-5H;/q-2;;;+4. The minimum atomic E-state index is -1.38. The zero-order chi connectivity index (χ0) is 22.4. The second kappa shape index (κ2) is 16.6. The minimum absolute atomic E-state index is 0. The Bertz CT molecular complexity index is 751. The third-order valence-corrected chi connectivity index (χ3v) is 5.28. The molecular weight excluding hydrogens is 480 g/mol. The van der Waals surface area contributed by atoms with E-state index in [9.17, 15) is 0 Å². The summed E-state index contributed by atoms with van der Waals surface area (Å²) in [5.41, 5.74) is 8.34. The van der Waals surface area contributed by atoms with E-state index in [1.165, 1.54) is 11.1 Å². The van der Waals surface area contributed by atoms with Crippen molar-refractivity contribution >= 4 is 13.6 Å². The van der Waals surface area contributed by atoms with Gasteiger partial charge in [-0.25, -0.2) is 6.08 Å². The van der Waals surface area contributed by atoms with Crippen molar-refractivity contribution in [1.29, 1.82) is 0 Å². The zero-order valence-electron chi connectivity index (χ0n) is 19.5. The average molecular weight is 512 g/mol. The SMILES string of the molecule is CC(=[C-][Si](C)(C)C)C(=[C-]c1ccccc1)c1ccccc1.[CH]1[CH][CH][CH][CH]1.[CH]1[CH][CH][CH][CH]1.[Zr+4]. The van der Waals surface area contributed by atoms with Crippen LogP contribution in [0.2, 0.25) is 19.6 Å². The van der Waals surface area contributed by atoms with Crippen LogP contribution in [0.5, 0.6) is 0 Å². The molecule has 2 heteroatoms. The van der Waals surface area contributed by atoms with Crippen molar-refractivity contribution in [3.8, 4) is 0 Å². The molecule has 0 saturated heterocycles. The molecule has 32 heavy (non-hydrogen) atoms. The molecule has 0 nitrogen and oxygen atoms in total. The predicted octanol–water partition coefficient (Wildman–Crippen LogP) is 7.59. The van der Waals surface area contributed by atoms with E-state index in [4.69, 9.17) is 0 Å². The second-order valence-corrected chi connectivity index (χ2v) is 12.9. The van der Waals surface area contributed by atoms with Gasteiger partial charge in [0.05, 0.1) is 0 Å². The average Bonchev–Trinajstić information content (AvgIpc) is 3.51. The Labute approximate surface area is 218 Å². The van der Waals surface area contributed by atoms with Gasteiger partial charge in [0.25, 0.3) is 0 Å². The summed E-state index contributed by atoms with van der Waals surface area (Å²) >= 11 is 0. The van der Waals surface area contributed by atoms with Gasteiger partial charge in [-0.2, -0.15) is 5.56 Å². The van der Waals surface area contributed by atoms with Crippen LogP contribution in [-0.4, -0.2) is 8.07 Å². The summed E-state index contributed by atoms with van der Waals surface area (Å²) in [5, 5.41) is 0. The van der Waals surface area contributed by atoms with Crippen LogP contribution >= 0.6 is 0 Å². The molecule has 0 atom stereocenters. The third kappa shape index (κ3) is 12.9. The number of hydrogen-bond donors (Lipinski definition) is 0. The van der Waals surface area contributed by atoms with Crippen LogP contribution in [0.3, 0.4) is 0 Å². The van der Waals surface area contributed by atoms with Gasteiger partial charge in [0, 0.05) is 0 Å². The smallest absolute Gasteiger partial charge is 0.317 e. The summed E-state index contributed by atoms with van der Waals surface area (Å²) in [6.07, 6.45) is 23.6. The van der Waals surface area contributed by atoms with Gasteiger partial charge < -0.3 is 5.70 Å². The molecule has 0 amide bonds. The monoisotopic (exact) mass is 510 g/mol. The summed E-state index contributed by atoms with van der Waals surface area (Å²) in [4.78, 5) is 0. The third-order valence-electron chi connectivity index (χ3n) is 4.15. The van der Waals surface area contributed by atoms with E-state index in [0.717, 1.165) is 11.1 Å². The quantitative estimate of drug-likeness (QED) is 0.172. The van der Waals surface area contributed by atoms with Crippen LogP contribution in [0.25, 0.3) is 5.57 Å². The summed E-state index contributed by atoms with van der Waals surface area (Å²) in [6, 6.07) is 20.8. The van der Waals surface area contributed by atoms with Crippen molar-refractivity contribution in [1.82, 2.24) is 0 Å². The summed E-state index contributed by atoms with van der Waals surface area (Å²) < 4.78 is 0. The maximum Gasteiger partial charge on any atom is 4.00 e. The summed E-state index contributed by atoms with van der Waals surface area (Å²) in [5.74, 6) is 0. The van der Waals surface area contributed by atoms with Crippen molar-refractivity contribution in [3.63, 3.8) is 0 Å². The van der Waals surface area contributed by atoms with Gasteiger partial charge in [-0.15, -0.1) is 36.8 Å². The van der Waals surface area contributed by atoms with Gasteiger partial charge in [0.1, 0.15) is 0 Å². The molecular formula is C30H32SiZr+2. The molecule has 0 bridgehead atoms. The Morgan fingerprint density at radius 3 is 1.34 bits per heavy atom. The minimum Gasteiger partial charge on any atom is -0.317 e. The van der Waals surface area contributed by atoms with E-state index in [-0.39, 0.29) is 26.2 Å². The largest absolute Gasteiger partial charge is 4.00 e. The maximum absolute atomic E-state index is 3.69. The van der Waals surface area contributed by atoms with Crippen molar-refractivity contribution in [2.75, 3.05) is 0 Å². The molecule has 2 aromatic rings. The van der Waals surface area contributed by atoms with E-state index < -0.39 is 8.07 Å². The number of hydrogen-bond acceptors (Lipinski definition) is 0. The second-order valence-electron chi connectivity index (χ2n) is 8.16. The van der Waals surface area contributed by atoms with Gasteiger partial charge in [-0.05, 0) is 72.3 Å². The van der Waals surface area contributed by atoms with E-state index in [2.05, 4.69) is 74.7 Å². The van der Waals surface area contributed by atoms with Crippen LogP contribution < -0.4 is 0 Å². The van der Waals surface area contributed by atoms with Crippen molar-refractivity contribution < 1.29 is 26.2 Å². The Kier molecular flexibility index (Phi) is 15.1. The molecule has 0 aliphatic heterocycles. The number of allylic oxidation sites excluding steroid dienone is 2. The Morgan fingerprint density at radius 1 is 0.594 bits per heavy atom. The molecule has 0 aromatic heterocycles. The first-order valence-corrected chi connectivity index (χ1v) is 14.2. The topological polar surface area (TPSA) is 0 Å². The number of benzene rings is 2. The zero-order valence-corrected chi connectivity index (χ0v) is 23.0. The van der Waals surface area contributed by atoms with Gasteiger partial charge in [-0.1, -0.05) is 56.0 Å². The van der Waals surface area contributed by atoms with Gasteiger partial charge in [0.15, 0.2) is 0 Å². The molecule has 0 N–H and O–H groups in total. The van der Waals surface area contributed by atoms with Gasteiger partial charge in [0.2, 0.25) is 0 Å². The van der Waals surface area contributed by atoms with E-state index in [1.54, 1.807) is 0 Å². The molecule has 2 aromatic carbocycles. The van der Waals surface area contributed by atoms with E-state index >= 15 is 0 Å². The molecule has 2 aliphatic rings. The Hall–Kier alpha value is -0.980. The van der Waals surface area contributed by atoms with Crippen LogP contribution in [0.15, 0.2) is 66.2 Å². The predicted molar refractivity (Wildman–Crippen MR) is 137 cm³/mol. The van der Waals surface area contributed by atoms with Crippen molar-refractivity contribution in [2.45, 2.75) is 26.6 Å². The first-order chi connectivity index (χ1) is 15.0. The fraction of sp³-hybridized carbons (Fsp3) is 0.133. The molecule has 158 valence electrons. The fourth-order valence-corrected chi connectivity index (χ4v) is 4.17. The van der Waals surface area contributed by atoms with E-state index in [0.29, 0.717) is 0 Å². The van der Waals surface area contributed by atoms with Crippen LogP contribution in [0.1, 0.15) is 18.1 Å². The molecule has 0 heterocycles. The van der Waals surface area contributed by atoms with Crippen LogP contribution in [-0.2, 0) is 26.2 Å². The first-order valence-electron chi connectivity index (χ1n) is 10.7. The Balaban J connectivity index is 0.000000379. The molecule has 0 spiro atoms. The maximum atomic E-state index is 3.69. The molecule has 2 saturated carbocycles. The van der Waals surface area contributed by atoms with Crippen molar-refractivity contribution in [2.24, 2.45) is 0 Å². The van der Waals surface area contributed by atoms with Crippen LogP contribution in [0.4, 0.5) is 0 Å². The van der Waals surface area contributed by atoms with Gasteiger partial charge >= 0.3 is 26.2 Å². The molecule has 10 radical (unpaired) electrons. The number of rotatable bonds is 4. The summed E-state index contributed by atoms with van der Waals surface area (Å²) in [7, 11) is -1.38. The van der Waals surface area contributed by atoms with E-state index in [1.807, 2.05) is 88.5 Å². The molecule has 2 fully saturated rings. The molecule has 0 unspecified atom stereocenters.